The molecule has 0 fully saturated rings. The molecule has 0 bridgehead atoms. The highest BCUT2D eigenvalue weighted by molar-refractivity contribution is 6.13. The minimum atomic E-state index is -0.439. The van der Waals surface area contributed by atoms with Crippen LogP contribution < -0.4 is 0 Å². The van der Waals surface area contributed by atoms with E-state index < -0.39 is 5.97 Å². The zero-order valence-corrected chi connectivity index (χ0v) is 31.6. The van der Waals surface area contributed by atoms with E-state index in [2.05, 4.69) is 45.9 Å². The number of hydrogen-bond donors (Lipinski definition) is 2. The van der Waals surface area contributed by atoms with E-state index in [0.717, 1.165) is 72.3 Å². The fraction of sp³-hybridized carbons (Fsp3) is 0.415. The Kier molecular flexibility index (Phi) is 12.6. The maximum atomic E-state index is 12.4. The lowest BCUT2D eigenvalue weighted by Gasteiger charge is -2.15. The highest BCUT2D eigenvalue weighted by Gasteiger charge is 2.24. The number of aromatic nitrogens is 4. The molecule has 0 radical (unpaired) electrons. The van der Waals surface area contributed by atoms with Crippen LogP contribution in [0.1, 0.15) is 110 Å². The summed E-state index contributed by atoms with van der Waals surface area (Å²) in [7, 11) is 1.60. The van der Waals surface area contributed by atoms with Crippen molar-refractivity contribution in [3.8, 4) is 0 Å². The number of H-pyrrole nitrogens is 2. The Morgan fingerprint density at radius 1 is 0.712 bits per heavy atom. The first-order valence-corrected chi connectivity index (χ1v) is 18.0. The van der Waals surface area contributed by atoms with Crippen molar-refractivity contribution in [3.05, 3.63) is 82.4 Å². The molecule has 6 aromatic rings. The van der Waals surface area contributed by atoms with Gasteiger partial charge in [0.1, 0.15) is 0 Å². The summed E-state index contributed by atoms with van der Waals surface area (Å²) < 4.78 is 27.7. The van der Waals surface area contributed by atoms with E-state index in [1.807, 2.05) is 58.9 Å². The number of methoxy groups -OCH3 is 1. The summed E-state index contributed by atoms with van der Waals surface area (Å²) in [6.07, 6.45) is 4.08. The predicted molar refractivity (Wildman–Crippen MR) is 204 cm³/mol. The van der Waals surface area contributed by atoms with E-state index in [9.17, 15) is 9.59 Å². The molecule has 0 amide bonds. The van der Waals surface area contributed by atoms with Crippen LogP contribution in [0, 0.1) is 6.92 Å². The molecule has 4 aromatic heterocycles. The zero-order chi connectivity index (χ0) is 37.5. The van der Waals surface area contributed by atoms with Crippen LogP contribution in [0.3, 0.4) is 0 Å². The topological polar surface area (TPSA) is 138 Å². The number of fused-ring (bicyclic) bond motifs is 6. The van der Waals surface area contributed by atoms with Crippen LogP contribution in [0.25, 0.3) is 43.6 Å². The van der Waals surface area contributed by atoms with Gasteiger partial charge in [0.25, 0.3) is 0 Å². The van der Waals surface area contributed by atoms with Crippen molar-refractivity contribution < 1.29 is 33.3 Å². The predicted octanol–water partition coefficient (Wildman–Crippen LogP) is 9.21. The molecule has 276 valence electrons. The molecular weight excluding hydrogens is 660 g/mol. The number of aromatic amines is 2. The second-order valence-electron chi connectivity index (χ2n) is 12.9. The molecule has 0 saturated carbocycles. The molecule has 2 atom stereocenters. The van der Waals surface area contributed by atoms with E-state index >= 15 is 0 Å². The molecule has 0 aliphatic carbocycles. The van der Waals surface area contributed by atoms with Crippen LogP contribution in [0.2, 0.25) is 0 Å². The molecule has 2 N–H and O–H groups in total. The number of ether oxygens (including phenoxy) is 5. The fourth-order valence-electron chi connectivity index (χ4n) is 6.70. The van der Waals surface area contributed by atoms with Crippen LogP contribution in [-0.2, 0) is 30.3 Å². The largest absolute Gasteiger partial charge is 0.461 e. The first kappa shape index (κ1) is 38.4. The lowest BCUT2D eigenvalue weighted by atomic mass is 9.99. The number of benzene rings is 2. The number of pyridine rings is 2. The van der Waals surface area contributed by atoms with Gasteiger partial charge >= 0.3 is 11.9 Å². The molecule has 0 saturated heterocycles. The summed E-state index contributed by atoms with van der Waals surface area (Å²) in [4.78, 5) is 40.3. The van der Waals surface area contributed by atoms with Crippen LogP contribution in [0.4, 0.5) is 0 Å². The molecule has 2 unspecified atom stereocenters. The Morgan fingerprint density at radius 3 is 1.85 bits per heavy atom. The lowest BCUT2D eigenvalue weighted by Crippen LogP contribution is -2.14. The van der Waals surface area contributed by atoms with Gasteiger partial charge in [0.15, 0.2) is 11.4 Å². The normalized spacial score (nSPS) is 12.7. The van der Waals surface area contributed by atoms with Crippen LogP contribution in [0.15, 0.2) is 48.8 Å². The fourth-order valence-corrected chi connectivity index (χ4v) is 6.70. The average molecular weight is 711 g/mol. The third-order valence-corrected chi connectivity index (χ3v) is 8.89. The number of aryl methyl sites for hydroxylation is 1. The number of carbonyl (C=O) groups excluding carboxylic acids is 2. The molecule has 52 heavy (non-hydrogen) atoms. The van der Waals surface area contributed by atoms with Crippen molar-refractivity contribution >= 4 is 55.6 Å². The molecule has 0 aliphatic heterocycles. The average Bonchev–Trinajstić information content (AvgIpc) is 3.70. The molecular formula is C41H50N4O7. The van der Waals surface area contributed by atoms with Gasteiger partial charge in [-0.15, -0.1) is 0 Å². The molecule has 6 rings (SSSR count). The quantitative estimate of drug-likeness (QED) is 0.112. The SMILES string of the molecule is CCCOC(C)c1cccc2[nH]c3cnc(C(=O)OC(C)C)c(C)c3c12.CCOC(=O)c1ncc2[nH]c3cccc(C(C)OCC)c3c2c1COC. The minimum absolute atomic E-state index is 0.0312. The molecule has 11 nitrogen and oxygen atoms in total. The van der Waals surface area contributed by atoms with Gasteiger partial charge in [0, 0.05) is 58.5 Å². The molecule has 0 spiro atoms. The van der Waals surface area contributed by atoms with E-state index in [1.165, 1.54) is 0 Å². The minimum Gasteiger partial charge on any atom is -0.461 e. The number of nitrogens with zero attached hydrogens (tertiary/aromatic N) is 2. The van der Waals surface area contributed by atoms with E-state index in [0.29, 0.717) is 31.2 Å². The molecule has 11 heteroatoms. The van der Waals surface area contributed by atoms with Gasteiger partial charge in [-0.3, -0.25) is 0 Å². The lowest BCUT2D eigenvalue weighted by molar-refractivity contribution is 0.0369. The van der Waals surface area contributed by atoms with Crippen LogP contribution in [0.5, 0.6) is 0 Å². The highest BCUT2D eigenvalue weighted by Crippen LogP contribution is 2.37. The van der Waals surface area contributed by atoms with Gasteiger partial charge in [-0.05, 0) is 83.7 Å². The molecule has 0 aliphatic rings. The Bertz CT molecular complexity index is 2190. The van der Waals surface area contributed by atoms with Crippen LogP contribution >= 0.6 is 0 Å². The first-order chi connectivity index (χ1) is 25.1. The Balaban J connectivity index is 0.000000201. The number of esters is 2. The smallest absolute Gasteiger partial charge is 0.357 e. The Labute approximate surface area is 304 Å². The van der Waals surface area contributed by atoms with E-state index in [1.54, 1.807) is 26.4 Å². The summed E-state index contributed by atoms with van der Waals surface area (Å²) in [5.41, 5.74) is 8.15. The number of rotatable bonds is 13. The van der Waals surface area contributed by atoms with Gasteiger partial charge in [0.2, 0.25) is 0 Å². The maximum absolute atomic E-state index is 12.4. The molecule has 2 aromatic carbocycles. The molecule has 4 heterocycles. The highest BCUT2D eigenvalue weighted by atomic mass is 16.5. The second-order valence-corrected chi connectivity index (χ2v) is 12.9. The maximum Gasteiger partial charge on any atom is 0.357 e. The second kappa shape index (κ2) is 17.1. The summed E-state index contributed by atoms with van der Waals surface area (Å²) in [5.74, 6) is -0.826. The summed E-state index contributed by atoms with van der Waals surface area (Å²) in [6.45, 7) is 17.4. The Hall–Kier alpha value is -4.84. The van der Waals surface area contributed by atoms with Gasteiger partial charge in [-0.2, -0.15) is 0 Å². The van der Waals surface area contributed by atoms with Gasteiger partial charge < -0.3 is 33.7 Å². The summed E-state index contributed by atoms with van der Waals surface area (Å²) in [5, 5.41) is 4.06. The summed E-state index contributed by atoms with van der Waals surface area (Å²) in [6, 6.07) is 12.2. The first-order valence-electron chi connectivity index (χ1n) is 18.0. The number of hydrogen-bond acceptors (Lipinski definition) is 9. The van der Waals surface area contributed by atoms with Crippen molar-refractivity contribution in [3.63, 3.8) is 0 Å². The third kappa shape index (κ3) is 7.81. The van der Waals surface area contributed by atoms with Gasteiger partial charge in [-0.25, -0.2) is 19.6 Å². The van der Waals surface area contributed by atoms with Crippen molar-refractivity contribution in [2.75, 3.05) is 26.9 Å². The monoisotopic (exact) mass is 710 g/mol. The van der Waals surface area contributed by atoms with Crippen molar-refractivity contribution in [2.24, 2.45) is 0 Å². The van der Waals surface area contributed by atoms with E-state index in [4.69, 9.17) is 23.7 Å². The van der Waals surface area contributed by atoms with Gasteiger partial charge in [-0.1, -0.05) is 31.2 Å². The van der Waals surface area contributed by atoms with E-state index in [-0.39, 0.29) is 30.9 Å². The summed E-state index contributed by atoms with van der Waals surface area (Å²) >= 11 is 0. The van der Waals surface area contributed by atoms with Crippen molar-refractivity contribution in [1.29, 1.82) is 0 Å². The van der Waals surface area contributed by atoms with Crippen molar-refractivity contribution in [2.45, 2.75) is 86.7 Å². The standard InChI is InChI=1S/C21H26N2O3.C20H24N2O4/c1-6-10-25-14(5)15-8-7-9-16-19(15)18-13(4)20(21(24)26-12(2)3)22-11-17(18)23-16;1-5-25-12(3)13-8-7-9-15-17(13)18-14(11-24-4)19(20(23)26-6-2)21-10-16(18)22-15/h7-9,11-12,14,23H,6,10H2,1-5H3;7-10,12,22H,5-6,11H2,1-4H3. The van der Waals surface area contributed by atoms with Crippen LogP contribution in [-0.4, -0.2) is 64.9 Å². The number of nitrogens with one attached hydrogen (secondary N) is 2. The number of carbonyl (C=O) groups is 2. The van der Waals surface area contributed by atoms with Crippen molar-refractivity contribution in [1.82, 2.24) is 19.9 Å². The zero-order valence-electron chi connectivity index (χ0n) is 31.6. The Morgan fingerprint density at radius 2 is 1.29 bits per heavy atom. The third-order valence-electron chi connectivity index (χ3n) is 8.89. The van der Waals surface area contributed by atoms with Gasteiger partial charge in [0.05, 0.1) is 55.0 Å².